The highest BCUT2D eigenvalue weighted by molar-refractivity contribution is 7.20. The molecule has 0 saturated carbocycles. The summed E-state index contributed by atoms with van der Waals surface area (Å²) in [5, 5.41) is 13.8. The summed E-state index contributed by atoms with van der Waals surface area (Å²) < 4.78 is 0. The maximum atomic E-state index is 12.2. The molecule has 1 N–H and O–H groups in total. The van der Waals surface area contributed by atoms with E-state index < -0.39 is 11.9 Å². The van der Waals surface area contributed by atoms with Gasteiger partial charge in [0.25, 0.3) is 0 Å². The Hall–Kier alpha value is -1.73. The first-order chi connectivity index (χ1) is 10.1. The van der Waals surface area contributed by atoms with E-state index in [1.807, 2.05) is 22.9 Å². The molecule has 1 aliphatic rings. The fourth-order valence-electron chi connectivity index (χ4n) is 2.36. The second-order valence-electron chi connectivity index (χ2n) is 4.96. The van der Waals surface area contributed by atoms with E-state index in [-0.39, 0.29) is 12.3 Å². The Balaban J connectivity index is 1.62. The topological polar surface area (TPSA) is 70.5 Å². The number of hydrogen-bond acceptors (Lipinski definition) is 5. The van der Waals surface area contributed by atoms with Crippen LogP contribution in [0.1, 0.15) is 12.1 Å². The summed E-state index contributed by atoms with van der Waals surface area (Å²) >= 11 is 3.16. The van der Waals surface area contributed by atoms with Crippen LogP contribution in [0, 0.1) is 5.92 Å². The predicted octanol–water partition coefficient (Wildman–Crippen LogP) is 2.35. The van der Waals surface area contributed by atoms with Gasteiger partial charge >= 0.3 is 5.97 Å². The highest BCUT2D eigenvalue weighted by Gasteiger charge is 2.30. The van der Waals surface area contributed by atoms with Gasteiger partial charge in [-0.25, -0.2) is 4.98 Å². The molecule has 21 heavy (non-hydrogen) atoms. The third-order valence-corrected chi connectivity index (χ3v) is 5.44. The highest BCUT2D eigenvalue weighted by atomic mass is 32.1. The van der Waals surface area contributed by atoms with Gasteiger partial charge in [0.05, 0.1) is 22.9 Å². The number of amides is 1. The van der Waals surface area contributed by atoms with Gasteiger partial charge in [-0.3, -0.25) is 9.59 Å². The van der Waals surface area contributed by atoms with Crippen molar-refractivity contribution in [2.24, 2.45) is 5.92 Å². The molecule has 110 valence electrons. The second kappa shape index (κ2) is 5.95. The van der Waals surface area contributed by atoms with Gasteiger partial charge in [-0.15, -0.1) is 22.7 Å². The monoisotopic (exact) mass is 322 g/mol. The Bertz CT molecular complexity index is 651. The molecule has 0 aliphatic carbocycles. The SMILES string of the molecule is O=C(O)[C@H]1CCN(C(=O)Cc2csc(-c3cccs3)n2)C1. The van der Waals surface area contributed by atoms with Gasteiger partial charge < -0.3 is 10.0 Å². The molecule has 0 aromatic carbocycles. The minimum Gasteiger partial charge on any atom is -0.481 e. The Kier molecular flexibility index (Phi) is 4.03. The zero-order valence-electron chi connectivity index (χ0n) is 11.2. The summed E-state index contributed by atoms with van der Waals surface area (Å²) in [5.74, 6) is -1.29. The number of hydrogen-bond donors (Lipinski definition) is 1. The lowest BCUT2D eigenvalue weighted by Crippen LogP contribution is -2.31. The van der Waals surface area contributed by atoms with Crippen molar-refractivity contribution in [2.45, 2.75) is 12.8 Å². The van der Waals surface area contributed by atoms with Crippen LogP contribution in [0.25, 0.3) is 9.88 Å². The third kappa shape index (κ3) is 3.14. The molecule has 3 rings (SSSR count). The number of rotatable bonds is 4. The van der Waals surface area contributed by atoms with E-state index >= 15 is 0 Å². The number of carboxylic acids is 1. The van der Waals surface area contributed by atoms with Crippen LogP contribution in [-0.4, -0.2) is 40.0 Å². The van der Waals surface area contributed by atoms with Gasteiger partial charge in [0, 0.05) is 18.5 Å². The zero-order chi connectivity index (χ0) is 14.8. The van der Waals surface area contributed by atoms with Gasteiger partial charge in [-0.1, -0.05) is 6.07 Å². The highest BCUT2D eigenvalue weighted by Crippen LogP contribution is 2.28. The second-order valence-corrected chi connectivity index (χ2v) is 6.77. The van der Waals surface area contributed by atoms with Gasteiger partial charge in [0.1, 0.15) is 5.01 Å². The number of thiophene rings is 1. The minimum absolute atomic E-state index is 0.0400. The molecule has 1 saturated heterocycles. The quantitative estimate of drug-likeness (QED) is 0.938. The van der Waals surface area contributed by atoms with Crippen molar-refractivity contribution in [2.75, 3.05) is 13.1 Å². The van der Waals surface area contributed by atoms with Crippen LogP contribution in [0.2, 0.25) is 0 Å². The van der Waals surface area contributed by atoms with Crippen LogP contribution in [0.3, 0.4) is 0 Å². The van der Waals surface area contributed by atoms with Gasteiger partial charge in [0.2, 0.25) is 5.91 Å². The van der Waals surface area contributed by atoms with Crippen molar-refractivity contribution in [3.8, 4) is 9.88 Å². The molecule has 0 unspecified atom stereocenters. The summed E-state index contributed by atoms with van der Waals surface area (Å²) in [6.07, 6.45) is 0.785. The molecule has 1 aliphatic heterocycles. The van der Waals surface area contributed by atoms with E-state index in [4.69, 9.17) is 5.11 Å². The van der Waals surface area contributed by atoms with E-state index in [2.05, 4.69) is 4.98 Å². The molecule has 7 heteroatoms. The summed E-state index contributed by atoms with van der Waals surface area (Å²) in [6, 6.07) is 3.98. The summed E-state index contributed by atoms with van der Waals surface area (Å²) in [7, 11) is 0. The molecular weight excluding hydrogens is 308 g/mol. The lowest BCUT2D eigenvalue weighted by atomic mass is 10.1. The summed E-state index contributed by atoms with van der Waals surface area (Å²) in [5.41, 5.74) is 0.757. The molecule has 0 radical (unpaired) electrons. The standard InChI is InChI=1S/C14H14N2O3S2/c17-12(16-4-3-9(7-16)14(18)19)6-10-8-21-13(15-10)11-2-1-5-20-11/h1-2,5,8-9H,3-4,6-7H2,(H,18,19)/t9-/m0/s1. The molecular formula is C14H14N2O3S2. The molecule has 1 fully saturated rings. The van der Waals surface area contributed by atoms with Crippen LogP contribution in [0.15, 0.2) is 22.9 Å². The number of carboxylic acid groups (broad SMARTS) is 1. The first-order valence-electron chi connectivity index (χ1n) is 6.62. The maximum absolute atomic E-state index is 12.2. The van der Waals surface area contributed by atoms with E-state index in [9.17, 15) is 9.59 Å². The van der Waals surface area contributed by atoms with Crippen LogP contribution < -0.4 is 0 Å². The Morgan fingerprint density at radius 1 is 1.43 bits per heavy atom. The van der Waals surface area contributed by atoms with Crippen LogP contribution in [0.4, 0.5) is 0 Å². The van der Waals surface area contributed by atoms with Crippen molar-refractivity contribution in [3.05, 3.63) is 28.6 Å². The molecule has 2 aromatic rings. The third-order valence-electron chi connectivity index (χ3n) is 3.51. The number of nitrogens with zero attached hydrogens (tertiary/aromatic N) is 2. The van der Waals surface area contributed by atoms with E-state index in [1.165, 1.54) is 11.3 Å². The Morgan fingerprint density at radius 3 is 2.95 bits per heavy atom. The van der Waals surface area contributed by atoms with Crippen molar-refractivity contribution >= 4 is 34.6 Å². The van der Waals surface area contributed by atoms with Crippen molar-refractivity contribution in [1.29, 1.82) is 0 Å². The summed E-state index contributed by atoms with van der Waals surface area (Å²) in [4.78, 5) is 30.3. The van der Waals surface area contributed by atoms with Gasteiger partial charge in [-0.2, -0.15) is 0 Å². The fraction of sp³-hybridized carbons (Fsp3) is 0.357. The minimum atomic E-state index is -0.820. The van der Waals surface area contributed by atoms with Gasteiger partial charge in [-0.05, 0) is 17.9 Å². The maximum Gasteiger partial charge on any atom is 0.308 e. The van der Waals surface area contributed by atoms with Crippen molar-refractivity contribution < 1.29 is 14.7 Å². The first kappa shape index (κ1) is 14.2. The Morgan fingerprint density at radius 2 is 2.29 bits per heavy atom. The average molecular weight is 322 g/mol. The van der Waals surface area contributed by atoms with Crippen molar-refractivity contribution in [3.63, 3.8) is 0 Å². The number of carbonyl (C=O) groups excluding carboxylic acids is 1. The number of likely N-dealkylation sites (tertiary alicyclic amines) is 1. The van der Waals surface area contributed by atoms with E-state index in [0.717, 1.165) is 15.6 Å². The predicted molar refractivity (Wildman–Crippen MR) is 81.5 cm³/mol. The number of aromatic nitrogens is 1. The van der Waals surface area contributed by atoms with Crippen LogP contribution in [0.5, 0.6) is 0 Å². The number of carbonyl (C=O) groups is 2. The van der Waals surface area contributed by atoms with Crippen LogP contribution >= 0.6 is 22.7 Å². The molecule has 5 nitrogen and oxygen atoms in total. The fourth-order valence-corrected chi connectivity index (χ4v) is 3.99. The normalized spacial score (nSPS) is 18.1. The largest absolute Gasteiger partial charge is 0.481 e. The molecule has 1 amide bonds. The lowest BCUT2D eigenvalue weighted by molar-refractivity contribution is -0.141. The average Bonchev–Trinajstić information content (AvgIpc) is 3.19. The van der Waals surface area contributed by atoms with Crippen molar-refractivity contribution in [1.82, 2.24) is 9.88 Å². The molecule has 3 heterocycles. The zero-order valence-corrected chi connectivity index (χ0v) is 12.8. The van der Waals surface area contributed by atoms with E-state index in [0.29, 0.717) is 19.5 Å². The lowest BCUT2D eigenvalue weighted by Gasteiger charge is -2.14. The smallest absolute Gasteiger partial charge is 0.308 e. The van der Waals surface area contributed by atoms with Gasteiger partial charge in [0.15, 0.2) is 0 Å². The molecule has 0 bridgehead atoms. The molecule has 2 aromatic heterocycles. The Labute approximate surface area is 129 Å². The molecule has 0 spiro atoms. The number of thiazole rings is 1. The summed E-state index contributed by atoms with van der Waals surface area (Å²) in [6.45, 7) is 0.841. The van der Waals surface area contributed by atoms with Crippen LogP contribution in [-0.2, 0) is 16.0 Å². The molecule has 1 atom stereocenters. The van der Waals surface area contributed by atoms with E-state index in [1.54, 1.807) is 16.2 Å². The number of aliphatic carboxylic acids is 1. The first-order valence-corrected chi connectivity index (χ1v) is 8.38.